The van der Waals surface area contributed by atoms with E-state index in [-0.39, 0.29) is 16.1 Å². The average Bonchev–Trinajstić information content (AvgIpc) is 2.40. The van der Waals surface area contributed by atoms with Crippen LogP contribution >= 0.6 is 15.9 Å². The highest BCUT2D eigenvalue weighted by atomic mass is 79.9. The summed E-state index contributed by atoms with van der Waals surface area (Å²) in [4.78, 5) is 25.1. The van der Waals surface area contributed by atoms with Crippen molar-refractivity contribution in [3.63, 3.8) is 0 Å². The van der Waals surface area contributed by atoms with Crippen LogP contribution < -0.4 is 10.2 Å². The van der Waals surface area contributed by atoms with Gasteiger partial charge < -0.3 is 5.32 Å². The first-order valence-electron chi connectivity index (χ1n) is 6.14. The molecule has 1 aromatic rings. The standard InChI is InChI=1S/C13H13BrF2N2O2/c1-3-10-13(20)18(6(2)12(19)17-10)11-5-8(15)7(14)4-9(11)16/h4-6,10H,3H2,1-2H3,(H,17,19). The normalized spacial score (nSPS) is 22.9. The number of benzene rings is 1. The van der Waals surface area contributed by atoms with E-state index in [0.717, 1.165) is 17.0 Å². The SMILES string of the molecule is CCC1NC(=O)C(C)N(c2cc(F)c(Br)cc2F)C1=O. The molecule has 2 rings (SSSR count). The number of rotatable bonds is 2. The van der Waals surface area contributed by atoms with Gasteiger partial charge in [-0.2, -0.15) is 0 Å². The third kappa shape index (κ3) is 2.42. The molecule has 1 fully saturated rings. The topological polar surface area (TPSA) is 49.4 Å². The molecule has 0 aliphatic carbocycles. The van der Waals surface area contributed by atoms with Crippen LogP contribution in [0.2, 0.25) is 0 Å². The van der Waals surface area contributed by atoms with Gasteiger partial charge >= 0.3 is 0 Å². The Hall–Kier alpha value is -1.50. The van der Waals surface area contributed by atoms with E-state index in [4.69, 9.17) is 0 Å². The number of piperazine rings is 1. The van der Waals surface area contributed by atoms with Crippen molar-refractivity contribution in [1.82, 2.24) is 5.32 Å². The fraction of sp³-hybridized carbons (Fsp3) is 0.385. The van der Waals surface area contributed by atoms with E-state index in [0.29, 0.717) is 6.42 Å². The van der Waals surface area contributed by atoms with Crippen molar-refractivity contribution in [2.45, 2.75) is 32.4 Å². The van der Waals surface area contributed by atoms with Gasteiger partial charge in [0.1, 0.15) is 23.7 Å². The van der Waals surface area contributed by atoms with Gasteiger partial charge in [-0.1, -0.05) is 6.92 Å². The molecule has 2 unspecified atom stereocenters. The predicted octanol–water partition coefficient (Wildman–Crippen LogP) is 2.36. The molecule has 7 heteroatoms. The van der Waals surface area contributed by atoms with Gasteiger partial charge in [-0.05, 0) is 35.3 Å². The van der Waals surface area contributed by atoms with E-state index in [1.165, 1.54) is 6.92 Å². The summed E-state index contributed by atoms with van der Waals surface area (Å²) in [5, 5.41) is 2.56. The van der Waals surface area contributed by atoms with Crippen molar-refractivity contribution < 1.29 is 18.4 Å². The van der Waals surface area contributed by atoms with Gasteiger partial charge in [-0.25, -0.2) is 8.78 Å². The van der Waals surface area contributed by atoms with Crippen molar-refractivity contribution in [2.75, 3.05) is 4.90 Å². The number of hydrogen-bond acceptors (Lipinski definition) is 2. The number of nitrogens with one attached hydrogen (secondary N) is 1. The number of halogens is 3. The van der Waals surface area contributed by atoms with E-state index in [1.807, 2.05) is 0 Å². The molecule has 1 saturated heterocycles. The van der Waals surface area contributed by atoms with Gasteiger partial charge in [0.05, 0.1) is 10.2 Å². The van der Waals surface area contributed by atoms with Gasteiger partial charge in [-0.3, -0.25) is 14.5 Å². The smallest absolute Gasteiger partial charge is 0.250 e. The van der Waals surface area contributed by atoms with Crippen LogP contribution in [0.5, 0.6) is 0 Å². The molecule has 0 radical (unpaired) electrons. The van der Waals surface area contributed by atoms with Crippen LogP contribution in [-0.2, 0) is 9.59 Å². The number of carbonyl (C=O) groups is 2. The van der Waals surface area contributed by atoms with E-state index >= 15 is 0 Å². The van der Waals surface area contributed by atoms with Gasteiger partial charge in [0.2, 0.25) is 11.8 Å². The second kappa shape index (κ2) is 5.47. The lowest BCUT2D eigenvalue weighted by Gasteiger charge is -2.37. The maximum Gasteiger partial charge on any atom is 0.250 e. The third-order valence-corrected chi connectivity index (χ3v) is 3.88. The summed E-state index contributed by atoms with van der Waals surface area (Å²) in [5.74, 6) is -2.29. The lowest BCUT2D eigenvalue weighted by atomic mass is 10.0. The Balaban J connectivity index is 2.51. The molecule has 2 amide bonds. The summed E-state index contributed by atoms with van der Waals surface area (Å²) in [6.45, 7) is 3.20. The number of anilines is 1. The molecule has 2 atom stereocenters. The summed E-state index contributed by atoms with van der Waals surface area (Å²) >= 11 is 2.87. The van der Waals surface area contributed by atoms with Crippen molar-refractivity contribution in [3.8, 4) is 0 Å². The first-order chi connectivity index (χ1) is 9.36. The van der Waals surface area contributed by atoms with Crippen LogP contribution in [0.1, 0.15) is 20.3 Å². The number of hydrogen-bond donors (Lipinski definition) is 1. The summed E-state index contributed by atoms with van der Waals surface area (Å²) in [5.41, 5.74) is -0.225. The lowest BCUT2D eigenvalue weighted by molar-refractivity contribution is -0.133. The van der Waals surface area contributed by atoms with Crippen molar-refractivity contribution in [2.24, 2.45) is 0 Å². The van der Waals surface area contributed by atoms with Crippen molar-refractivity contribution in [1.29, 1.82) is 0 Å². The molecule has 0 saturated carbocycles. The Morgan fingerprint density at radius 1 is 1.30 bits per heavy atom. The number of amides is 2. The number of nitrogens with zero attached hydrogens (tertiary/aromatic N) is 1. The molecule has 0 aromatic heterocycles. The van der Waals surface area contributed by atoms with Gasteiger partial charge in [0.15, 0.2) is 0 Å². The Labute approximate surface area is 123 Å². The molecule has 1 aliphatic heterocycles. The second-order valence-electron chi connectivity index (χ2n) is 4.57. The van der Waals surface area contributed by atoms with E-state index in [1.54, 1.807) is 6.92 Å². The van der Waals surface area contributed by atoms with E-state index < -0.39 is 29.6 Å². The van der Waals surface area contributed by atoms with E-state index in [9.17, 15) is 18.4 Å². The Kier molecular flexibility index (Phi) is 4.08. The Morgan fingerprint density at radius 3 is 2.55 bits per heavy atom. The zero-order valence-electron chi connectivity index (χ0n) is 10.9. The van der Waals surface area contributed by atoms with Crippen LogP contribution in [0.15, 0.2) is 16.6 Å². The van der Waals surface area contributed by atoms with Crippen molar-refractivity contribution >= 4 is 33.4 Å². The highest BCUT2D eigenvalue weighted by Crippen LogP contribution is 2.29. The van der Waals surface area contributed by atoms with Gasteiger partial charge in [0, 0.05) is 6.07 Å². The van der Waals surface area contributed by atoms with Gasteiger partial charge in [0.25, 0.3) is 0 Å². The zero-order valence-corrected chi connectivity index (χ0v) is 12.5. The average molecular weight is 347 g/mol. The second-order valence-corrected chi connectivity index (χ2v) is 5.43. The van der Waals surface area contributed by atoms with E-state index in [2.05, 4.69) is 21.2 Å². The van der Waals surface area contributed by atoms with Crippen LogP contribution in [0.4, 0.5) is 14.5 Å². The molecular weight excluding hydrogens is 334 g/mol. The molecule has 0 spiro atoms. The first kappa shape index (κ1) is 14.9. The maximum absolute atomic E-state index is 14.0. The molecular formula is C13H13BrF2N2O2. The molecule has 1 aromatic carbocycles. The Morgan fingerprint density at radius 2 is 1.95 bits per heavy atom. The third-order valence-electron chi connectivity index (χ3n) is 3.28. The summed E-state index contributed by atoms with van der Waals surface area (Å²) in [6.07, 6.45) is 0.383. The zero-order chi connectivity index (χ0) is 15.0. The summed E-state index contributed by atoms with van der Waals surface area (Å²) < 4.78 is 27.6. The molecule has 20 heavy (non-hydrogen) atoms. The van der Waals surface area contributed by atoms with Crippen LogP contribution in [0.3, 0.4) is 0 Å². The quantitative estimate of drug-likeness (QED) is 0.835. The number of carbonyl (C=O) groups excluding carboxylic acids is 2. The van der Waals surface area contributed by atoms with Crippen molar-refractivity contribution in [3.05, 3.63) is 28.2 Å². The predicted molar refractivity (Wildman–Crippen MR) is 73.2 cm³/mol. The maximum atomic E-state index is 14.0. The highest BCUT2D eigenvalue weighted by molar-refractivity contribution is 9.10. The highest BCUT2D eigenvalue weighted by Gasteiger charge is 2.39. The summed E-state index contributed by atoms with van der Waals surface area (Å²) in [6, 6.07) is 0.252. The lowest BCUT2D eigenvalue weighted by Crippen LogP contribution is -2.62. The van der Waals surface area contributed by atoms with Crippen LogP contribution in [-0.4, -0.2) is 23.9 Å². The molecule has 0 bridgehead atoms. The molecule has 4 nitrogen and oxygen atoms in total. The minimum Gasteiger partial charge on any atom is -0.343 e. The summed E-state index contributed by atoms with van der Waals surface area (Å²) in [7, 11) is 0. The monoisotopic (exact) mass is 346 g/mol. The van der Waals surface area contributed by atoms with Gasteiger partial charge in [-0.15, -0.1) is 0 Å². The molecule has 1 heterocycles. The van der Waals surface area contributed by atoms with Crippen LogP contribution in [0.25, 0.3) is 0 Å². The largest absolute Gasteiger partial charge is 0.343 e. The minimum atomic E-state index is -0.889. The molecule has 108 valence electrons. The fourth-order valence-electron chi connectivity index (χ4n) is 2.13. The molecule has 1 N–H and O–H groups in total. The minimum absolute atomic E-state index is 0.0349. The Bertz CT molecular complexity index is 580. The molecule has 1 aliphatic rings. The first-order valence-corrected chi connectivity index (χ1v) is 6.94. The fourth-order valence-corrected chi connectivity index (χ4v) is 2.45. The van der Waals surface area contributed by atoms with Crippen LogP contribution in [0, 0.1) is 11.6 Å².